The normalized spacial score (nSPS) is 16.4. The van der Waals surface area contributed by atoms with Crippen LogP contribution in [0.5, 0.6) is 0 Å². The lowest BCUT2D eigenvalue weighted by atomic mass is 10.1. The van der Waals surface area contributed by atoms with E-state index in [4.69, 9.17) is 14.9 Å². The maximum Gasteiger partial charge on any atom is 0.134 e. The van der Waals surface area contributed by atoms with Crippen molar-refractivity contribution in [3.8, 4) is 0 Å². The number of nitrogens with zero attached hydrogens (tertiary/aromatic N) is 1. The molecule has 2 heterocycles. The minimum Gasteiger partial charge on any atom is -0.459 e. The summed E-state index contributed by atoms with van der Waals surface area (Å²) in [4.78, 5) is 2.38. The largest absolute Gasteiger partial charge is 0.459 e. The monoisotopic (exact) mass is 286 g/mol. The van der Waals surface area contributed by atoms with Crippen molar-refractivity contribution in [3.05, 3.63) is 47.2 Å². The Balaban J connectivity index is 1.77. The molecule has 1 aliphatic heterocycles. The molecule has 4 heteroatoms. The SMILES string of the molecule is COCC1=CCN(Cc2oc3ccccc3c2CN)CC1. The zero-order chi connectivity index (χ0) is 14.7. The third-order valence-electron chi connectivity index (χ3n) is 4.07. The number of para-hydroxylation sites is 1. The quantitative estimate of drug-likeness (QED) is 0.859. The predicted octanol–water partition coefficient (Wildman–Crippen LogP) is 2.67. The van der Waals surface area contributed by atoms with E-state index in [0.717, 1.165) is 55.0 Å². The van der Waals surface area contributed by atoms with E-state index in [1.807, 2.05) is 18.2 Å². The molecule has 0 radical (unpaired) electrons. The highest BCUT2D eigenvalue weighted by Crippen LogP contribution is 2.27. The Hall–Kier alpha value is -1.62. The van der Waals surface area contributed by atoms with Gasteiger partial charge in [0, 0.05) is 37.7 Å². The Morgan fingerprint density at radius 2 is 2.19 bits per heavy atom. The van der Waals surface area contributed by atoms with Crippen LogP contribution in [-0.4, -0.2) is 31.7 Å². The van der Waals surface area contributed by atoms with Crippen LogP contribution in [0.15, 0.2) is 40.3 Å². The van der Waals surface area contributed by atoms with E-state index >= 15 is 0 Å². The van der Waals surface area contributed by atoms with Gasteiger partial charge in [-0.15, -0.1) is 0 Å². The van der Waals surface area contributed by atoms with Crippen LogP contribution < -0.4 is 5.73 Å². The highest BCUT2D eigenvalue weighted by Gasteiger charge is 2.17. The molecule has 0 saturated carbocycles. The smallest absolute Gasteiger partial charge is 0.134 e. The topological polar surface area (TPSA) is 51.6 Å². The molecule has 1 aliphatic rings. The van der Waals surface area contributed by atoms with E-state index in [-0.39, 0.29) is 0 Å². The van der Waals surface area contributed by atoms with Crippen LogP contribution >= 0.6 is 0 Å². The second kappa shape index (κ2) is 6.43. The molecule has 0 aliphatic carbocycles. The average Bonchev–Trinajstić information content (AvgIpc) is 2.86. The molecule has 0 saturated heterocycles. The maximum absolute atomic E-state index is 6.00. The van der Waals surface area contributed by atoms with E-state index < -0.39 is 0 Å². The van der Waals surface area contributed by atoms with Gasteiger partial charge in [0.2, 0.25) is 0 Å². The third kappa shape index (κ3) is 3.02. The Labute approximate surface area is 125 Å². The van der Waals surface area contributed by atoms with Crippen LogP contribution in [0.1, 0.15) is 17.7 Å². The summed E-state index contributed by atoms with van der Waals surface area (Å²) >= 11 is 0. The number of ether oxygens (including phenoxy) is 1. The first-order valence-electron chi connectivity index (χ1n) is 7.40. The van der Waals surface area contributed by atoms with Crippen molar-refractivity contribution in [2.45, 2.75) is 19.5 Å². The summed E-state index contributed by atoms with van der Waals surface area (Å²) in [6.07, 6.45) is 3.32. The van der Waals surface area contributed by atoms with E-state index in [1.54, 1.807) is 7.11 Å². The third-order valence-corrected chi connectivity index (χ3v) is 4.07. The lowest BCUT2D eigenvalue weighted by Gasteiger charge is -2.25. The maximum atomic E-state index is 6.00. The van der Waals surface area contributed by atoms with E-state index in [2.05, 4.69) is 17.0 Å². The second-order valence-electron chi connectivity index (χ2n) is 5.48. The van der Waals surface area contributed by atoms with Crippen LogP contribution in [0.4, 0.5) is 0 Å². The highest BCUT2D eigenvalue weighted by atomic mass is 16.5. The predicted molar refractivity (Wildman–Crippen MR) is 84.0 cm³/mol. The van der Waals surface area contributed by atoms with E-state index in [0.29, 0.717) is 6.54 Å². The van der Waals surface area contributed by atoms with Crippen molar-refractivity contribution in [2.75, 3.05) is 26.8 Å². The van der Waals surface area contributed by atoms with Crippen LogP contribution in [0.3, 0.4) is 0 Å². The molecular weight excluding hydrogens is 264 g/mol. The minimum atomic E-state index is 0.519. The molecule has 4 nitrogen and oxygen atoms in total. The highest BCUT2D eigenvalue weighted by molar-refractivity contribution is 5.82. The van der Waals surface area contributed by atoms with Crippen molar-refractivity contribution >= 4 is 11.0 Å². The lowest BCUT2D eigenvalue weighted by molar-refractivity contribution is 0.207. The summed E-state index contributed by atoms with van der Waals surface area (Å²) in [5, 5.41) is 1.14. The molecule has 0 unspecified atom stereocenters. The zero-order valence-corrected chi connectivity index (χ0v) is 12.5. The number of hydrogen-bond acceptors (Lipinski definition) is 4. The molecule has 2 aromatic rings. The number of fused-ring (bicyclic) bond motifs is 1. The number of benzene rings is 1. The van der Waals surface area contributed by atoms with Gasteiger partial charge < -0.3 is 14.9 Å². The fourth-order valence-corrected chi connectivity index (χ4v) is 2.92. The molecule has 2 N–H and O–H groups in total. The van der Waals surface area contributed by atoms with Gasteiger partial charge in [-0.2, -0.15) is 0 Å². The van der Waals surface area contributed by atoms with Crippen LogP contribution in [0.25, 0.3) is 11.0 Å². The van der Waals surface area contributed by atoms with Crippen LogP contribution in [0.2, 0.25) is 0 Å². The van der Waals surface area contributed by atoms with Gasteiger partial charge >= 0.3 is 0 Å². The lowest BCUT2D eigenvalue weighted by Crippen LogP contribution is -2.29. The average molecular weight is 286 g/mol. The molecule has 1 aromatic heterocycles. The molecule has 0 atom stereocenters. The molecule has 1 aromatic carbocycles. The molecule has 3 rings (SSSR count). The first-order chi connectivity index (χ1) is 10.3. The minimum absolute atomic E-state index is 0.519. The van der Waals surface area contributed by atoms with Crippen LogP contribution in [-0.2, 0) is 17.8 Å². The van der Waals surface area contributed by atoms with E-state index in [1.165, 1.54) is 5.57 Å². The number of rotatable bonds is 5. The van der Waals surface area contributed by atoms with Gasteiger partial charge in [0.05, 0.1) is 13.2 Å². The Morgan fingerprint density at radius 1 is 1.33 bits per heavy atom. The van der Waals surface area contributed by atoms with Gasteiger partial charge in [-0.05, 0) is 18.1 Å². The molecule has 112 valence electrons. The van der Waals surface area contributed by atoms with Gasteiger partial charge in [0.1, 0.15) is 11.3 Å². The van der Waals surface area contributed by atoms with Gasteiger partial charge in [0.25, 0.3) is 0 Å². The Bertz CT molecular complexity index is 645. The first-order valence-corrected chi connectivity index (χ1v) is 7.40. The standard InChI is InChI=1S/C17H22N2O2/c1-20-12-13-6-8-19(9-7-13)11-17-15(10-18)14-4-2-3-5-16(14)21-17/h2-6H,7-12,18H2,1H3. The molecule has 0 amide bonds. The van der Waals surface area contributed by atoms with Gasteiger partial charge in [-0.25, -0.2) is 0 Å². The first kappa shape index (κ1) is 14.3. The summed E-state index contributed by atoms with van der Waals surface area (Å²) in [5.74, 6) is 1.00. The Morgan fingerprint density at radius 3 is 2.90 bits per heavy atom. The second-order valence-corrected chi connectivity index (χ2v) is 5.48. The fraction of sp³-hybridized carbons (Fsp3) is 0.412. The van der Waals surface area contributed by atoms with Gasteiger partial charge in [0.15, 0.2) is 0 Å². The zero-order valence-electron chi connectivity index (χ0n) is 12.5. The van der Waals surface area contributed by atoms with Crippen molar-refractivity contribution in [1.29, 1.82) is 0 Å². The molecule has 21 heavy (non-hydrogen) atoms. The molecule has 0 bridgehead atoms. The number of hydrogen-bond donors (Lipinski definition) is 1. The number of furan rings is 1. The summed E-state index contributed by atoms with van der Waals surface area (Å²) in [7, 11) is 1.75. The van der Waals surface area contributed by atoms with Crippen LogP contribution in [0, 0.1) is 0 Å². The molecule has 0 spiro atoms. The van der Waals surface area contributed by atoms with E-state index in [9.17, 15) is 0 Å². The molecular formula is C17H22N2O2. The van der Waals surface area contributed by atoms with Gasteiger partial charge in [-0.1, -0.05) is 24.3 Å². The number of nitrogens with two attached hydrogens (primary N) is 1. The summed E-state index contributed by atoms with van der Waals surface area (Å²) in [6, 6.07) is 8.11. The van der Waals surface area contributed by atoms with Crippen molar-refractivity contribution in [1.82, 2.24) is 4.90 Å². The van der Waals surface area contributed by atoms with Crippen molar-refractivity contribution < 1.29 is 9.15 Å². The summed E-state index contributed by atoms with van der Waals surface area (Å²) in [6.45, 7) is 4.06. The molecule has 0 fully saturated rings. The Kier molecular flexibility index (Phi) is 4.39. The summed E-state index contributed by atoms with van der Waals surface area (Å²) in [5.41, 5.74) is 9.37. The van der Waals surface area contributed by atoms with Gasteiger partial charge in [-0.3, -0.25) is 4.90 Å². The van der Waals surface area contributed by atoms with Crippen molar-refractivity contribution in [3.63, 3.8) is 0 Å². The summed E-state index contributed by atoms with van der Waals surface area (Å²) < 4.78 is 11.2. The number of methoxy groups -OCH3 is 1. The van der Waals surface area contributed by atoms with Crippen molar-refractivity contribution in [2.24, 2.45) is 5.73 Å². The fourth-order valence-electron chi connectivity index (χ4n) is 2.92.